The molecule has 0 radical (unpaired) electrons. The van der Waals surface area contributed by atoms with Crippen LogP contribution in [0.25, 0.3) is 11.5 Å². The summed E-state index contributed by atoms with van der Waals surface area (Å²) in [7, 11) is -3.97. The molecule has 1 N–H and O–H groups in total. The maximum Gasteiger partial charge on any atom is 0.230 e. The van der Waals surface area contributed by atoms with Crippen molar-refractivity contribution in [3.05, 3.63) is 59.1 Å². The number of oxazole rings is 1. The molecule has 3 aromatic rings. The summed E-state index contributed by atoms with van der Waals surface area (Å²) in [5.41, 5.74) is 1.72. The van der Waals surface area contributed by atoms with Crippen LogP contribution in [-0.4, -0.2) is 31.1 Å². The molecule has 1 saturated carbocycles. The van der Waals surface area contributed by atoms with E-state index in [1.165, 1.54) is 30.7 Å². The second kappa shape index (κ2) is 10.3. The number of aromatic nitrogens is 1. The van der Waals surface area contributed by atoms with Crippen LogP contribution >= 0.6 is 23.4 Å². The Balaban J connectivity index is 1.61. The number of rotatable bonds is 7. The molecule has 0 unspecified atom stereocenters. The van der Waals surface area contributed by atoms with Crippen LogP contribution in [0, 0.1) is 6.92 Å². The van der Waals surface area contributed by atoms with E-state index in [-0.39, 0.29) is 38.6 Å². The van der Waals surface area contributed by atoms with Gasteiger partial charge in [-0.25, -0.2) is 8.42 Å². The van der Waals surface area contributed by atoms with Gasteiger partial charge in [0.25, 0.3) is 0 Å². The standard InChI is InChI=1S/C24H25ClN2O4S2/c1-16-7-9-17(10-8-16)22-27-23(33(29,30)20-13-11-18(25)12-14-20)24(31-22)32-15-21(28)26-19-5-3-2-4-6-19/h7-14,19H,2-6,15H2,1H3,(H,26,28). The number of hydrogen-bond donors (Lipinski definition) is 1. The van der Waals surface area contributed by atoms with Crippen LogP contribution in [0.2, 0.25) is 5.02 Å². The van der Waals surface area contributed by atoms with Crippen molar-refractivity contribution in [1.29, 1.82) is 0 Å². The second-order valence-corrected chi connectivity index (χ2v) is 11.4. The highest BCUT2D eigenvalue weighted by atomic mass is 35.5. The fourth-order valence-corrected chi connectivity index (χ4v) is 6.21. The molecule has 2 aromatic carbocycles. The van der Waals surface area contributed by atoms with E-state index in [0.717, 1.165) is 43.0 Å². The number of carbonyl (C=O) groups is 1. The van der Waals surface area contributed by atoms with Crippen molar-refractivity contribution in [3.63, 3.8) is 0 Å². The summed E-state index contributed by atoms with van der Waals surface area (Å²) in [5, 5.41) is 3.38. The van der Waals surface area contributed by atoms with E-state index < -0.39 is 9.84 Å². The lowest BCUT2D eigenvalue weighted by Gasteiger charge is -2.22. The van der Waals surface area contributed by atoms with Gasteiger partial charge in [-0.2, -0.15) is 4.98 Å². The van der Waals surface area contributed by atoms with Crippen molar-refractivity contribution in [2.75, 3.05) is 5.75 Å². The van der Waals surface area contributed by atoms with E-state index in [1.807, 2.05) is 31.2 Å². The van der Waals surface area contributed by atoms with Crippen molar-refractivity contribution in [2.24, 2.45) is 0 Å². The molecule has 1 aromatic heterocycles. The van der Waals surface area contributed by atoms with Crippen molar-refractivity contribution in [1.82, 2.24) is 10.3 Å². The average Bonchev–Trinajstić information content (AvgIpc) is 3.24. The zero-order chi connectivity index (χ0) is 23.4. The summed E-state index contributed by atoms with van der Waals surface area (Å²) in [4.78, 5) is 16.9. The largest absolute Gasteiger partial charge is 0.428 e. The number of hydrogen-bond acceptors (Lipinski definition) is 6. The first kappa shape index (κ1) is 23.9. The van der Waals surface area contributed by atoms with Gasteiger partial charge >= 0.3 is 0 Å². The monoisotopic (exact) mass is 504 g/mol. The minimum atomic E-state index is -3.97. The number of benzene rings is 2. The normalized spacial score (nSPS) is 14.8. The van der Waals surface area contributed by atoms with Gasteiger partial charge in [0, 0.05) is 16.6 Å². The lowest BCUT2D eigenvalue weighted by Crippen LogP contribution is -2.37. The molecule has 0 aliphatic heterocycles. The Labute approximate surface area is 203 Å². The molecule has 1 aliphatic rings. The molecule has 0 atom stereocenters. The molecule has 0 spiro atoms. The third-order valence-corrected chi connectivity index (χ3v) is 8.55. The first-order valence-electron chi connectivity index (χ1n) is 10.8. The van der Waals surface area contributed by atoms with Crippen LogP contribution in [-0.2, 0) is 14.6 Å². The molecule has 6 nitrogen and oxygen atoms in total. The molecule has 1 amide bonds. The van der Waals surface area contributed by atoms with Crippen molar-refractivity contribution in [3.8, 4) is 11.5 Å². The molecular weight excluding hydrogens is 480 g/mol. The Hall–Kier alpha value is -2.29. The fraction of sp³-hybridized carbons (Fsp3) is 0.333. The van der Waals surface area contributed by atoms with Crippen LogP contribution in [0.5, 0.6) is 0 Å². The van der Waals surface area contributed by atoms with Crippen LogP contribution in [0.1, 0.15) is 37.7 Å². The molecule has 1 fully saturated rings. The fourth-order valence-electron chi connectivity index (χ4n) is 3.75. The first-order chi connectivity index (χ1) is 15.8. The van der Waals surface area contributed by atoms with E-state index in [4.69, 9.17) is 16.0 Å². The Morgan fingerprint density at radius 2 is 1.76 bits per heavy atom. The second-order valence-electron chi connectivity index (χ2n) is 8.13. The van der Waals surface area contributed by atoms with Crippen LogP contribution in [0.15, 0.2) is 68.0 Å². The average molecular weight is 505 g/mol. The summed E-state index contributed by atoms with van der Waals surface area (Å²) in [5.74, 6) is 0.0927. The van der Waals surface area contributed by atoms with Gasteiger partial charge in [-0.05, 0) is 56.2 Å². The number of thioether (sulfide) groups is 1. The SMILES string of the molecule is Cc1ccc(-c2nc(S(=O)(=O)c3ccc(Cl)cc3)c(SCC(=O)NC3CCCCC3)o2)cc1. The van der Waals surface area contributed by atoms with Gasteiger partial charge in [0.05, 0.1) is 10.6 Å². The summed E-state index contributed by atoms with van der Waals surface area (Å²) >= 11 is 6.96. The number of nitrogens with zero attached hydrogens (tertiary/aromatic N) is 1. The highest BCUT2D eigenvalue weighted by molar-refractivity contribution is 8.00. The van der Waals surface area contributed by atoms with Gasteiger partial charge in [-0.15, -0.1) is 0 Å². The van der Waals surface area contributed by atoms with Crippen LogP contribution < -0.4 is 5.32 Å². The predicted octanol–water partition coefficient (Wildman–Crippen LogP) is 5.68. The topological polar surface area (TPSA) is 89.3 Å². The number of carbonyl (C=O) groups excluding carboxylic acids is 1. The Bertz CT molecular complexity index is 1220. The Kier molecular flexibility index (Phi) is 7.46. The summed E-state index contributed by atoms with van der Waals surface area (Å²) in [6, 6.07) is 13.5. The first-order valence-corrected chi connectivity index (χ1v) is 13.7. The number of amides is 1. The van der Waals surface area contributed by atoms with E-state index in [0.29, 0.717) is 10.6 Å². The number of halogens is 1. The number of nitrogens with one attached hydrogen (secondary N) is 1. The van der Waals surface area contributed by atoms with E-state index in [2.05, 4.69) is 10.3 Å². The minimum Gasteiger partial charge on any atom is -0.428 e. The van der Waals surface area contributed by atoms with E-state index in [9.17, 15) is 13.2 Å². The molecule has 9 heteroatoms. The third kappa shape index (κ3) is 5.80. The third-order valence-electron chi connectivity index (χ3n) is 5.55. The molecule has 1 heterocycles. The number of sulfone groups is 1. The lowest BCUT2D eigenvalue weighted by molar-refractivity contribution is -0.119. The molecule has 0 bridgehead atoms. The number of aryl methyl sites for hydroxylation is 1. The zero-order valence-electron chi connectivity index (χ0n) is 18.2. The summed E-state index contributed by atoms with van der Waals surface area (Å²) < 4.78 is 32.6. The highest BCUT2D eigenvalue weighted by Gasteiger charge is 2.29. The molecule has 0 saturated heterocycles. The van der Waals surface area contributed by atoms with E-state index >= 15 is 0 Å². The van der Waals surface area contributed by atoms with Crippen molar-refractivity contribution >= 4 is 39.1 Å². The van der Waals surface area contributed by atoms with Gasteiger partial charge in [0.1, 0.15) is 0 Å². The van der Waals surface area contributed by atoms with Crippen LogP contribution in [0.3, 0.4) is 0 Å². The quantitative estimate of drug-likeness (QED) is 0.416. The van der Waals surface area contributed by atoms with Gasteiger partial charge in [0.15, 0.2) is 0 Å². The molecule has 4 rings (SSSR count). The Morgan fingerprint density at radius 1 is 1.09 bits per heavy atom. The van der Waals surface area contributed by atoms with Crippen LogP contribution in [0.4, 0.5) is 0 Å². The maximum absolute atomic E-state index is 13.3. The predicted molar refractivity (Wildman–Crippen MR) is 129 cm³/mol. The van der Waals surface area contributed by atoms with Gasteiger partial charge in [0.2, 0.25) is 31.8 Å². The van der Waals surface area contributed by atoms with Crippen molar-refractivity contribution < 1.29 is 17.6 Å². The van der Waals surface area contributed by atoms with Gasteiger partial charge < -0.3 is 9.73 Å². The zero-order valence-corrected chi connectivity index (χ0v) is 20.6. The van der Waals surface area contributed by atoms with Crippen molar-refractivity contribution in [2.45, 2.75) is 60.1 Å². The minimum absolute atomic E-state index is 0.0438. The Morgan fingerprint density at radius 3 is 2.42 bits per heavy atom. The molecule has 1 aliphatic carbocycles. The maximum atomic E-state index is 13.3. The molecule has 33 heavy (non-hydrogen) atoms. The van der Waals surface area contributed by atoms with Gasteiger partial charge in [-0.1, -0.05) is 60.3 Å². The molecular formula is C24H25ClN2O4S2. The summed E-state index contributed by atoms with van der Waals surface area (Å²) in [6.45, 7) is 1.96. The summed E-state index contributed by atoms with van der Waals surface area (Å²) in [6.07, 6.45) is 5.39. The smallest absolute Gasteiger partial charge is 0.230 e. The lowest BCUT2D eigenvalue weighted by atomic mass is 9.95. The van der Waals surface area contributed by atoms with Gasteiger partial charge in [-0.3, -0.25) is 4.79 Å². The highest BCUT2D eigenvalue weighted by Crippen LogP contribution is 2.35. The van der Waals surface area contributed by atoms with E-state index in [1.54, 1.807) is 0 Å². The molecule has 174 valence electrons.